The third-order valence-electron chi connectivity index (χ3n) is 4.08. The Morgan fingerprint density at radius 1 is 1.15 bits per heavy atom. The van der Waals surface area contributed by atoms with E-state index in [9.17, 15) is 9.59 Å². The summed E-state index contributed by atoms with van der Waals surface area (Å²) < 4.78 is 16.3. The fourth-order valence-corrected chi connectivity index (χ4v) is 2.54. The van der Waals surface area contributed by atoms with Gasteiger partial charge >= 0.3 is 5.97 Å². The van der Waals surface area contributed by atoms with Crippen molar-refractivity contribution in [2.45, 2.75) is 33.0 Å². The number of ether oxygens (including phenoxy) is 3. The Morgan fingerprint density at radius 3 is 2.65 bits per heavy atom. The van der Waals surface area contributed by atoms with Crippen LogP contribution >= 0.6 is 0 Å². The molecule has 2 aromatic carbocycles. The van der Waals surface area contributed by atoms with Gasteiger partial charge in [-0.25, -0.2) is 4.79 Å². The minimum Gasteiger partial charge on any atom is -0.485 e. The summed E-state index contributed by atoms with van der Waals surface area (Å²) in [6.07, 6.45) is -1.86. The number of benzene rings is 2. The number of esters is 1. The largest absolute Gasteiger partial charge is 0.485 e. The maximum atomic E-state index is 12.3. The summed E-state index contributed by atoms with van der Waals surface area (Å²) in [6, 6.07) is 12.8. The third-order valence-corrected chi connectivity index (χ3v) is 4.08. The van der Waals surface area contributed by atoms with Gasteiger partial charge in [0, 0.05) is 5.69 Å². The van der Waals surface area contributed by atoms with Crippen LogP contribution in [0.4, 0.5) is 5.69 Å². The SMILES string of the molecule is Cc1ccc(C)c(NC(=O)[C@H](C)OC(=O)[C@H]2COc3ccccc3O2)c1. The molecule has 0 saturated carbocycles. The average molecular weight is 355 g/mol. The summed E-state index contributed by atoms with van der Waals surface area (Å²) in [5, 5.41) is 2.79. The molecule has 0 bridgehead atoms. The molecular weight excluding hydrogens is 334 g/mol. The highest BCUT2D eigenvalue weighted by atomic mass is 16.6. The van der Waals surface area contributed by atoms with Crippen molar-refractivity contribution in [3.05, 3.63) is 53.6 Å². The summed E-state index contributed by atoms with van der Waals surface area (Å²) in [6.45, 7) is 5.41. The van der Waals surface area contributed by atoms with Crippen LogP contribution in [0.1, 0.15) is 18.1 Å². The summed E-state index contributed by atoms with van der Waals surface area (Å²) >= 11 is 0. The van der Waals surface area contributed by atoms with Gasteiger partial charge in [0.25, 0.3) is 5.91 Å². The quantitative estimate of drug-likeness (QED) is 0.854. The molecule has 1 heterocycles. The number of hydrogen-bond donors (Lipinski definition) is 1. The summed E-state index contributed by atoms with van der Waals surface area (Å²) in [7, 11) is 0. The molecule has 1 N–H and O–H groups in total. The molecule has 0 aliphatic carbocycles. The summed E-state index contributed by atoms with van der Waals surface area (Å²) in [5.41, 5.74) is 2.66. The minimum atomic E-state index is -0.955. The molecule has 2 aromatic rings. The van der Waals surface area contributed by atoms with Crippen LogP contribution < -0.4 is 14.8 Å². The van der Waals surface area contributed by atoms with Crippen LogP contribution in [0.2, 0.25) is 0 Å². The predicted octanol–water partition coefficient (Wildman–Crippen LogP) is 3.01. The standard InChI is InChI=1S/C20H21NO5/c1-12-8-9-13(2)15(10-12)21-19(22)14(3)25-20(23)18-11-24-16-6-4-5-7-17(16)26-18/h4-10,14,18H,11H2,1-3H3,(H,21,22)/t14-,18+/m0/s1. The number of fused-ring (bicyclic) bond motifs is 1. The Hall–Kier alpha value is -3.02. The topological polar surface area (TPSA) is 73.9 Å². The number of para-hydroxylation sites is 2. The lowest BCUT2D eigenvalue weighted by atomic mass is 10.1. The van der Waals surface area contributed by atoms with Gasteiger partial charge in [0.1, 0.15) is 6.61 Å². The highest BCUT2D eigenvalue weighted by Crippen LogP contribution is 2.31. The molecule has 1 aliphatic heterocycles. The van der Waals surface area contributed by atoms with Gasteiger partial charge in [0.05, 0.1) is 0 Å². The smallest absolute Gasteiger partial charge is 0.351 e. The molecule has 6 heteroatoms. The fourth-order valence-electron chi connectivity index (χ4n) is 2.54. The Balaban J connectivity index is 1.59. The minimum absolute atomic E-state index is 0.0428. The molecule has 0 saturated heterocycles. The lowest BCUT2D eigenvalue weighted by Gasteiger charge is -2.26. The van der Waals surface area contributed by atoms with Gasteiger partial charge < -0.3 is 19.5 Å². The normalized spacial score (nSPS) is 16.5. The Kier molecular flexibility index (Phi) is 5.11. The molecule has 26 heavy (non-hydrogen) atoms. The van der Waals surface area contributed by atoms with Gasteiger partial charge in [-0.15, -0.1) is 0 Å². The Labute approximate surface area is 152 Å². The van der Waals surface area contributed by atoms with E-state index in [1.165, 1.54) is 6.92 Å². The zero-order valence-corrected chi connectivity index (χ0v) is 14.9. The lowest BCUT2D eigenvalue weighted by Crippen LogP contribution is -2.41. The van der Waals surface area contributed by atoms with Crippen molar-refractivity contribution in [2.24, 2.45) is 0 Å². The monoisotopic (exact) mass is 355 g/mol. The van der Waals surface area contributed by atoms with Crippen molar-refractivity contribution in [1.82, 2.24) is 0 Å². The maximum Gasteiger partial charge on any atom is 0.351 e. The van der Waals surface area contributed by atoms with Crippen LogP contribution in [0.5, 0.6) is 11.5 Å². The molecule has 0 aromatic heterocycles. The van der Waals surface area contributed by atoms with E-state index < -0.39 is 24.1 Å². The van der Waals surface area contributed by atoms with E-state index in [4.69, 9.17) is 14.2 Å². The number of carbonyl (C=O) groups is 2. The van der Waals surface area contributed by atoms with E-state index >= 15 is 0 Å². The van der Waals surface area contributed by atoms with E-state index in [1.54, 1.807) is 18.2 Å². The Bertz CT molecular complexity index is 833. The Morgan fingerprint density at radius 2 is 1.88 bits per heavy atom. The van der Waals surface area contributed by atoms with Crippen molar-refractivity contribution in [3.8, 4) is 11.5 Å². The van der Waals surface area contributed by atoms with Crippen LogP contribution in [-0.4, -0.2) is 30.7 Å². The maximum absolute atomic E-state index is 12.3. The molecule has 0 unspecified atom stereocenters. The summed E-state index contributed by atoms with van der Waals surface area (Å²) in [4.78, 5) is 24.6. The van der Waals surface area contributed by atoms with E-state index in [1.807, 2.05) is 38.1 Å². The molecular formula is C20H21NO5. The zero-order chi connectivity index (χ0) is 18.7. The van der Waals surface area contributed by atoms with Crippen molar-refractivity contribution in [1.29, 1.82) is 0 Å². The second-order valence-electron chi connectivity index (χ2n) is 6.25. The molecule has 0 spiro atoms. The van der Waals surface area contributed by atoms with Crippen molar-refractivity contribution in [3.63, 3.8) is 0 Å². The first-order valence-electron chi connectivity index (χ1n) is 8.41. The van der Waals surface area contributed by atoms with Crippen LogP contribution in [0.25, 0.3) is 0 Å². The first kappa shape index (κ1) is 17.8. The first-order chi connectivity index (χ1) is 12.4. The van der Waals surface area contributed by atoms with E-state index in [-0.39, 0.29) is 6.61 Å². The van der Waals surface area contributed by atoms with Gasteiger partial charge in [0.2, 0.25) is 6.10 Å². The molecule has 2 atom stereocenters. The molecule has 6 nitrogen and oxygen atoms in total. The lowest BCUT2D eigenvalue weighted by molar-refractivity contribution is -0.162. The second-order valence-corrected chi connectivity index (χ2v) is 6.25. The van der Waals surface area contributed by atoms with Gasteiger partial charge in [-0.1, -0.05) is 24.3 Å². The first-order valence-corrected chi connectivity index (χ1v) is 8.41. The zero-order valence-electron chi connectivity index (χ0n) is 14.9. The van der Waals surface area contributed by atoms with Crippen LogP contribution in [0.3, 0.4) is 0 Å². The number of aryl methyl sites for hydroxylation is 2. The number of hydrogen-bond acceptors (Lipinski definition) is 5. The van der Waals surface area contributed by atoms with Gasteiger partial charge in [-0.2, -0.15) is 0 Å². The van der Waals surface area contributed by atoms with E-state index in [2.05, 4.69) is 5.32 Å². The highest BCUT2D eigenvalue weighted by molar-refractivity contribution is 5.96. The highest BCUT2D eigenvalue weighted by Gasteiger charge is 2.31. The molecule has 0 fully saturated rings. The van der Waals surface area contributed by atoms with Crippen LogP contribution in [-0.2, 0) is 14.3 Å². The average Bonchev–Trinajstić information content (AvgIpc) is 2.64. The molecule has 1 aliphatic rings. The van der Waals surface area contributed by atoms with Gasteiger partial charge in [0.15, 0.2) is 17.6 Å². The number of nitrogens with one attached hydrogen (secondary N) is 1. The van der Waals surface area contributed by atoms with Crippen molar-refractivity contribution in [2.75, 3.05) is 11.9 Å². The second kappa shape index (κ2) is 7.47. The summed E-state index contributed by atoms with van der Waals surface area (Å²) in [5.74, 6) is 0.0257. The third kappa shape index (κ3) is 3.96. The molecule has 0 radical (unpaired) electrons. The van der Waals surface area contributed by atoms with Crippen molar-refractivity contribution >= 4 is 17.6 Å². The molecule has 3 rings (SSSR count). The fraction of sp³-hybridized carbons (Fsp3) is 0.300. The molecule has 1 amide bonds. The molecule has 136 valence electrons. The van der Waals surface area contributed by atoms with E-state index in [0.717, 1.165) is 11.1 Å². The number of amides is 1. The predicted molar refractivity (Wildman–Crippen MR) is 96.5 cm³/mol. The van der Waals surface area contributed by atoms with Crippen LogP contribution in [0, 0.1) is 13.8 Å². The number of rotatable bonds is 4. The number of anilines is 1. The van der Waals surface area contributed by atoms with Gasteiger partial charge in [-0.05, 0) is 50.1 Å². The van der Waals surface area contributed by atoms with Crippen LogP contribution in [0.15, 0.2) is 42.5 Å². The number of carbonyl (C=O) groups excluding carboxylic acids is 2. The van der Waals surface area contributed by atoms with Gasteiger partial charge in [-0.3, -0.25) is 4.79 Å². The van der Waals surface area contributed by atoms with Crippen molar-refractivity contribution < 1.29 is 23.8 Å². The van der Waals surface area contributed by atoms with E-state index in [0.29, 0.717) is 17.2 Å².